The maximum atomic E-state index is 2.21. The monoisotopic (exact) mass is 201 g/mol. The van der Waals surface area contributed by atoms with E-state index in [2.05, 4.69) is 24.3 Å². The smallest absolute Gasteiger partial charge is 0.0235 e. The predicted octanol–water partition coefficient (Wildman–Crippen LogP) is 2.53. The van der Waals surface area contributed by atoms with Crippen molar-refractivity contribution in [1.82, 2.24) is 6.15 Å². The molecule has 0 saturated carbocycles. The Kier molecular flexibility index (Phi) is 3.61. The molecule has 1 aliphatic carbocycles. The maximum Gasteiger partial charge on any atom is -0.0235 e. The number of fused-ring (bicyclic) bond motifs is 1. The molecule has 3 N–H and O–H groups in total. The highest BCUT2D eigenvalue weighted by atomic mass is 79.9. The van der Waals surface area contributed by atoms with Crippen LogP contribution in [0.1, 0.15) is 11.1 Å². The van der Waals surface area contributed by atoms with Crippen LogP contribution < -0.4 is 6.15 Å². The Bertz CT molecular complexity index is 187. The van der Waals surface area contributed by atoms with Crippen molar-refractivity contribution in [3.05, 3.63) is 35.4 Å². The lowest BCUT2D eigenvalue weighted by Gasteiger charge is -2.16. The Morgan fingerprint density at radius 2 is 1.30 bits per heavy atom. The Hall–Kier alpha value is -0.340. The van der Waals surface area contributed by atoms with Crippen molar-refractivity contribution in [2.75, 3.05) is 0 Å². The standard InChI is InChI=1S/C8H8.BrH.H3N/c1-2-4-8-6-5-7(8)3-1;;/h1-4H,5-6H2;1H;1H3. The Morgan fingerprint density at radius 3 is 1.50 bits per heavy atom. The zero-order valence-corrected chi connectivity index (χ0v) is 7.55. The second-order valence-corrected chi connectivity index (χ2v) is 2.27. The minimum atomic E-state index is 0. The highest BCUT2D eigenvalue weighted by Gasteiger charge is 2.09. The molecule has 1 aliphatic rings. The van der Waals surface area contributed by atoms with E-state index in [4.69, 9.17) is 0 Å². The summed E-state index contributed by atoms with van der Waals surface area (Å²) in [6, 6.07) is 8.63. The molecule has 56 valence electrons. The molecule has 0 spiro atoms. The summed E-state index contributed by atoms with van der Waals surface area (Å²) in [5.41, 5.74) is 3.10. The van der Waals surface area contributed by atoms with E-state index in [1.807, 2.05) is 0 Å². The molecule has 0 aliphatic heterocycles. The average molecular weight is 202 g/mol. The first kappa shape index (κ1) is 9.66. The normalized spacial score (nSPS) is 11.6. The molecule has 2 heteroatoms. The van der Waals surface area contributed by atoms with Crippen LogP contribution in [0.25, 0.3) is 0 Å². The lowest BCUT2D eigenvalue weighted by atomic mass is 9.89. The van der Waals surface area contributed by atoms with Gasteiger partial charge in [0.2, 0.25) is 0 Å². The average Bonchev–Trinajstić information content (AvgIpc) is 1.72. The number of halogens is 1. The largest absolute Gasteiger partial charge is 0.344 e. The van der Waals surface area contributed by atoms with E-state index in [-0.39, 0.29) is 23.1 Å². The van der Waals surface area contributed by atoms with Crippen LogP contribution in [0.3, 0.4) is 0 Å². The second-order valence-electron chi connectivity index (χ2n) is 2.27. The highest BCUT2D eigenvalue weighted by molar-refractivity contribution is 8.93. The Morgan fingerprint density at radius 1 is 0.900 bits per heavy atom. The fraction of sp³-hybridized carbons (Fsp3) is 0.250. The number of aryl methyl sites for hydroxylation is 2. The molecular weight excluding hydrogens is 190 g/mol. The number of hydrogen-bond acceptors (Lipinski definition) is 1. The van der Waals surface area contributed by atoms with Crippen molar-refractivity contribution < 1.29 is 0 Å². The van der Waals surface area contributed by atoms with Gasteiger partial charge in [0.05, 0.1) is 0 Å². The fourth-order valence-corrected chi connectivity index (χ4v) is 1.14. The van der Waals surface area contributed by atoms with E-state index in [9.17, 15) is 0 Å². The van der Waals surface area contributed by atoms with Gasteiger partial charge in [0, 0.05) is 0 Å². The number of benzene rings is 1. The quantitative estimate of drug-likeness (QED) is 0.689. The van der Waals surface area contributed by atoms with Crippen LogP contribution in [0.15, 0.2) is 24.3 Å². The van der Waals surface area contributed by atoms with E-state index >= 15 is 0 Å². The summed E-state index contributed by atoms with van der Waals surface area (Å²) in [6.45, 7) is 0. The van der Waals surface area contributed by atoms with Gasteiger partial charge in [-0.15, -0.1) is 17.0 Å². The van der Waals surface area contributed by atoms with Crippen molar-refractivity contribution in [3.63, 3.8) is 0 Å². The van der Waals surface area contributed by atoms with Crippen molar-refractivity contribution >= 4 is 17.0 Å². The molecule has 1 nitrogen and oxygen atoms in total. The van der Waals surface area contributed by atoms with E-state index in [0.29, 0.717) is 0 Å². The molecule has 1 aromatic rings. The summed E-state index contributed by atoms with van der Waals surface area (Å²) in [7, 11) is 0. The van der Waals surface area contributed by atoms with Crippen molar-refractivity contribution in [2.24, 2.45) is 0 Å². The summed E-state index contributed by atoms with van der Waals surface area (Å²) in [6.07, 6.45) is 2.60. The van der Waals surface area contributed by atoms with Gasteiger partial charge in [-0.1, -0.05) is 24.3 Å². The van der Waals surface area contributed by atoms with Crippen LogP contribution in [0.2, 0.25) is 0 Å². The molecule has 0 bridgehead atoms. The highest BCUT2D eigenvalue weighted by Crippen LogP contribution is 2.20. The second kappa shape index (κ2) is 3.74. The molecule has 0 amide bonds. The Labute approximate surface area is 71.8 Å². The van der Waals surface area contributed by atoms with Crippen LogP contribution in [0.5, 0.6) is 0 Å². The molecule has 0 radical (unpaired) electrons. The van der Waals surface area contributed by atoms with Crippen LogP contribution >= 0.6 is 17.0 Å². The zero-order chi connectivity index (χ0) is 5.40. The van der Waals surface area contributed by atoms with Gasteiger partial charge in [0.1, 0.15) is 0 Å². The topological polar surface area (TPSA) is 35.0 Å². The van der Waals surface area contributed by atoms with Gasteiger partial charge in [0.25, 0.3) is 0 Å². The molecular formula is C8H12BrN. The molecule has 0 atom stereocenters. The predicted molar refractivity (Wildman–Crippen MR) is 49.2 cm³/mol. The zero-order valence-electron chi connectivity index (χ0n) is 5.84. The minimum absolute atomic E-state index is 0. The molecule has 10 heavy (non-hydrogen) atoms. The van der Waals surface area contributed by atoms with Gasteiger partial charge in [0.15, 0.2) is 0 Å². The van der Waals surface area contributed by atoms with Crippen molar-refractivity contribution in [1.29, 1.82) is 0 Å². The van der Waals surface area contributed by atoms with Gasteiger partial charge < -0.3 is 6.15 Å². The SMILES string of the molecule is Br.N.c1ccc2c(c1)CC2. The molecule has 1 aromatic carbocycles. The maximum absolute atomic E-state index is 2.21. The van der Waals surface area contributed by atoms with E-state index in [1.165, 1.54) is 12.8 Å². The minimum Gasteiger partial charge on any atom is -0.344 e. The molecule has 0 heterocycles. The summed E-state index contributed by atoms with van der Waals surface area (Å²) in [4.78, 5) is 0. The summed E-state index contributed by atoms with van der Waals surface area (Å²) < 4.78 is 0. The van der Waals surface area contributed by atoms with Gasteiger partial charge in [-0.05, 0) is 24.0 Å². The molecule has 2 rings (SSSR count). The summed E-state index contributed by atoms with van der Waals surface area (Å²) >= 11 is 0. The molecule has 0 saturated heterocycles. The van der Waals surface area contributed by atoms with Gasteiger partial charge in [-0.3, -0.25) is 0 Å². The number of rotatable bonds is 0. The van der Waals surface area contributed by atoms with Gasteiger partial charge in [-0.2, -0.15) is 0 Å². The third kappa shape index (κ3) is 1.39. The lowest BCUT2D eigenvalue weighted by Crippen LogP contribution is -2.06. The van der Waals surface area contributed by atoms with Crippen LogP contribution in [0, 0.1) is 0 Å². The first-order valence-electron chi connectivity index (χ1n) is 3.03. The van der Waals surface area contributed by atoms with Gasteiger partial charge >= 0.3 is 0 Å². The first-order valence-corrected chi connectivity index (χ1v) is 3.03. The lowest BCUT2D eigenvalue weighted by molar-refractivity contribution is 0.839. The molecule has 0 aromatic heterocycles. The van der Waals surface area contributed by atoms with Gasteiger partial charge in [-0.25, -0.2) is 0 Å². The van der Waals surface area contributed by atoms with Crippen LogP contribution in [-0.2, 0) is 12.8 Å². The first-order chi connectivity index (χ1) is 3.97. The molecule has 0 unspecified atom stereocenters. The number of hydrogen-bond donors (Lipinski definition) is 1. The van der Waals surface area contributed by atoms with E-state index in [1.54, 1.807) is 11.1 Å². The van der Waals surface area contributed by atoms with Crippen molar-refractivity contribution in [3.8, 4) is 0 Å². The van der Waals surface area contributed by atoms with Crippen molar-refractivity contribution in [2.45, 2.75) is 12.8 Å². The molecule has 0 fully saturated rings. The van der Waals surface area contributed by atoms with E-state index in [0.717, 1.165) is 0 Å². The Balaban J connectivity index is 0.000000405. The summed E-state index contributed by atoms with van der Waals surface area (Å²) in [5.74, 6) is 0. The fourth-order valence-electron chi connectivity index (χ4n) is 1.14. The van der Waals surface area contributed by atoms with E-state index < -0.39 is 0 Å². The summed E-state index contributed by atoms with van der Waals surface area (Å²) in [5, 5.41) is 0. The third-order valence-electron chi connectivity index (χ3n) is 1.78. The van der Waals surface area contributed by atoms with Crippen LogP contribution in [0.4, 0.5) is 0 Å². The van der Waals surface area contributed by atoms with Crippen LogP contribution in [-0.4, -0.2) is 0 Å². The third-order valence-corrected chi connectivity index (χ3v) is 1.78.